The molecular formula is C14H15N3O3. The summed E-state index contributed by atoms with van der Waals surface area (Å²) in [5.41, 5.74) is 12.1. The molecule has 0 saturated heterocycles. The highest BCUT2D eigenvalue weighted by molar-refractivity contribution is 5.95. The SMILES string of the molecule is Nc1ccc(C(=O)OCCn2ccccc2=O)c(N)c1. The Morgan fingerprint density at radius 2 is 2.00 bits per heavy atom. The minimum atomic E-state index is -0.536. The zero-order chi connectivity index (χ0) is 14.5. The van der Waals surface area contributed by atoms with Crippen LogP contribution in [0.3, 0.4) is 0 Å². The molecule has 0 spiro atoms. The molecule has 0 unspecified atom stereocenters. The minimum Gasteiger partial charge on any atom is -0.460 e. The van der Waals surface area contributed by atoms with Crippen molar-refractivity contribution in [3.05, 3.63) is 58.5 Å². The van der Waals surface area contributed by atoms with Crippen molar-refractivity contribution < 1.29 is 9.53 Å². The third-order valence-electron chi connectivity index (χ3n) is 2.76. The van der Waals surface area contributed by atoms with Gasteiger partial charge in [-0.25, -0.2) is 4.79 Å². The number of carbonyl (C=O) groups excluding carboxylic acids is 1. The molecule has 0 aliphatic rings. The van der Waals surface area contributed by atoms with E-state index >= 15 is 0 Å². The summed E-state index contributed by atoms with van der Waals surface area (Å²) in [6.45, 7) is 0.382. The van der Waals surface area contributed by atoms with E-state index in [4.69, 9.17) is 16.2 Å². The molecule has 0 amide bonds. The van der Waals surface area contributed by atoms with Crippen LogP contribution in [0.5, 0.6) is 0 Å². The van der Waals surface area contributed by atoms with Gasteiger partial charge in [-0.05, 0) is 24.3 Å². The van der Waals surface area contributed by atoms with Gasteiger partial charge in [-0.3, -0.25) is 4.79 Å². The lowest BCUT2D eigenvalue weighted by Crippen LogP contribution is -2.21. The van der Waals surface area contributed by atoms with E-state index in [9.17, 15) is 9.59 Å². The first kappa shape index (κ1) is 13.7. The maximum Gasteiger partial charge on any atom is 0.340 e. The van der Waals surface area contributed by atoms with Crippen molar-refractivity contribution >= 4 is 17.3 Å². The molecule has 4 N–H and O–H groups in total. The van der Waals surface area contributed by atoms with E-state index in [2.05, 4.69) is 0 Å². The summed E-state index contributed by atoms with van der Waals surface area (Å²) in [6.07, 6.45) is 1.63. The lowest BCUT2D eigenvalue weighted by Gasteiger charge is -2.08. The highest BCUT2D eigenvalue weighted by Crippen LogP contribution is 2.16. The molecule has 2 rings (SSSR count). The molecule has 0 bridgehead atoms. The van der Waals surface area contributed by atoms with Gasteiger partial charge >= 0.3 is 5.97 Å². The van der Waals surface area contributed by atoms with Gasteiger partial charge in [0, 0.05) is 23.6 Å². The number of anilines is 2. The summed E-state index contributed by atoms with van der Waals surface area (Å²) in [7, 11) is 0. The van der Waals surface area contributed by atoms with Crippen LogP contribution in [0.4, 0.5) is 11.4 Å². The van der Waals surface area contributed by atoms with Crippen molar-refractivity contribution in [1.82, 2.24) is 4.57 Å². The van der Waals surface area contributed by atoms with Crippen LogP contribution in [0.15, 0.2) is 47.4 Å². The molecule has 1 heterocycles. The predicted molar refractivity (Wildman–Crippen MR) is 76.3 cm³/mol. The molecule has 20 heavy (non-hydrogen) atoms. The van der Waals surface area contributed by atoms with Gasteiger partial charge in [-0.2, -0.15) is 0 Å². The van der Waals surface area contributed by atoms with E-state index in [0.717, 1.165) is 0 Å². The highest BCUT2D eigenvalue weighted by Gasteiger charge is 2.11. The van der Waals surface area contributed by atoms with Crippen molar-refractivity contribution in [1.29, 1.82) is 0 Å². The number of aromatic nitrogens is 1. The molecule has 0 atom stereocenters. The third-order valence-corrected chi connectivity index (χ3v) is 2.76. The smallest absolute Gasteiger partial charge is 0.340 e. The maximum absolute atomic E-state index is 11.8. The Kier molecular flexibility index (Phi) is 4.05. The Hall–Kier alpha value is -2.76. The molecule has 6 nitrogen and oxygen atoms in total. The molecule has 1 aromatic carbocycles. The first-order valence-corrected chi connectivity index (χ1v) is 6.05. The number of nitrogens with zero attached hydrogens (tertiary/aromatic N) is 1. The molecule has 6 heteroatoms. The molecule has 0 aliphatic heterocycles. The molecular weight excluding hydrogens is 258 g/mol. The Morgan fingerprint density at radius 3 is 2.70 bits per heavy atom. The molecule has 0 fully saturated rings. The van der Waals surface area contributed by atoms with E-state index in [1.165, 1.54) is 22.8 Å². The van der Waals surface area contributed by atoms with Crippen LogP contribution in [0.1, 0.15) is 10.4 Å². The number of nitrogens with two attached hydrogens (primary N) is 2. The van der Waals surface area contributed by atoms with Crippen molar-refractivity contribution in [2.75, 3.05) is 18.1 Å². The van der Waals surface area contributed by atoms with Gasteiger partial charge in [0.25, 0.3) is 5.56 Å². The van der Waals surface area contributed by atoms with Crippen LogP contribution in [-0.4, -0.2) is 17.1 Å². The Balaban J connectivity index is 1.96. The van der Waals surface area contributed by atoms with Gasteiger partial charge in [0.05, 0.1) is 12.1 Å². The van der Waals surface area contributed by atoms with Gasteiger partial charge < -0.3 is 20.8 Å². The fourth-order valence-corrected chi connectivity index (χ4v) is 1.73. The van der Waals surface area contributed by atoms with Crippen LogP contribution in [0, 0.1) is 0 Å². The van der Waals surface area contributed by atoms with Gasteiger partial charge in [-0.15, -0.1) is 0 Å². The number of hydrogen-bond acceptors (Lipinski definition) is 5. The largest absolute Gasteiger partial charge is 0.460 e. The van der Waals surface area contributed by atoms with E-state index in [0.29, 0.717) is 12.2 Å². The van der Waals surface area contributed by atoms with E-state index in [-0.39, 0.29) is 23.4 Å². The molecule has 1 aromatic heterocycles. The standard InChI is InChI=1S/C14H15N3O3/c15-10-4-5-11(12(16)9-10)14(19)20-8-7-17-6-2-1-3-13(17)18/h1-6,9H,7-8,15-16H2. The zero-order valence-corrected chi connectivity index (χ0v) is 10.8. The van der Waals surface area contributed by atoms with Crippen LogP contribution >= 0.6 is 0 Å². The van der Waals surface area contributed by atoms with Crippen LogP contribution in [-0.2, 0) is 11.3 Å². The second-order valence-electron chi connectivity index (χ2n) is 4.21. The fraction of sp³-hybridized carbons (Fsp3) is 0.143. The number of ether oxygens (including phenoxy) is 1. The quantitative estimate of drug-likeness (QED) is 0.636. The van der Waals surface area contributed by atoms with Gasteiger partial charge in [0.15, 0.2) is 0 Å². The first-order valence-electron chi connectivity index (χ1n) is 6.05. The zero-order valence-electron chi connectivity index (χ0n) is 10.8. The highest BCUT2D eigenvalue weighted by atomic mass is 16.5. The first-order chi connectivity index (χ1) is 9.58. The van der Waals surface area contributed by atoms with Crippen molar-refractivity contribution in [3.63, 3.8) is 0 Å². The van der Waals surface area contributed by atoms with E-state index in [1.807, 2.05) is 0 Å². The number of nitrogen functional groups attached to an aromatic ring is 2. The number of esters is 1. The third kappa shape index (κ3) is 3.17. The molecule has 0 saturated carbocycles. The number of benzene rings is 1. The second kappa shape index (κ2) is 5.92. The maximum atomic E-state index is 11.8. The van der Waals surface area contributed by atoms with Gasteiger partial charge in [0.1, 0.15) is 6.61 Å². The minimum absolute atomic E-state index is 0.0899. The van der Waals surface area contributed by atoms with Crippen molar-refractivity contribution in [3.8, 4) is 0 Å². The lowest BCUT2D eigenvalue weighted by atomic mass is 10.1. The Bertz CT molecular complexity index is 679. The van der Waals surface area contributed by atoms with Crippen molar-refractivity contribution in [2.24, 2.45) is 0 Å². The Morgan fingerprint density at radius 1 is 1.20 bits per heavy atom. The average molecular weight is 273 g/mol. The topological polar surface area (TPSA) is 100 Å². The fourth-order valence-electron chi connectivity index (χ4n) is 1.73. The molecule has 0 aliphatic carbocycles. The average Bonchev–Trinajstić information content (AvgIpc) is 2.40. The van der Waals surface area contributed by atoms with E-state index in [1.54, 1.807) is 24.4 Å². The lowest BCUT2D eigenvalue weighted by molar-refractivity contribution is 0.0491. The van der Waals surface area contributed by atoms with Crippen LogP contribution in [0.25, 0.3) is 0 Å². The van der Waals surface area contributed by atoms with Crippen molar-refractivity contribution in [2.45, 2.75) is 6.54 Å². The molecule has 2 aromatic rings. The summed E-state index contributed by atoms with van der Waals surface area (Å²) < 4.78 is 6.55. The normalized spacial score (nSPS) is 10.2. The van der Waals surface area contributed by atoms with Gasteiger partial charge in [-0.1, -0.05) is 6.07 Å². The monoisotopic (exact) mass is 273 g/mol. The second-order valence-corrected chi connectivity index (χ2v) is 4.21. The van der Waals surface area contributed by atoms with Crippen LogP contribution < -0.4 is 17.0 Å². The predicted octanol–water partition coefficient (Wildman–Crippen LogP) is 0.870. The summed E-state index contributed by atoms with van der Waals surface area (Å²) in [4.78, 5) is 23.3. The summed E-state index contributed by atoms with van der Waals surface area (Å²) >= 11 is 0. The van der Waals surface area contributed by atoms with Crippen LogP contribution in [0.2, 0.25) is 0 Å². The summed E-state index contributed by atoms with van der Waals surface area (Å²) in [5.74, 6) is -0.536. The molecule has 104 valence electrons. The molecule has 0 radical (unpaired) electrons. The number of hydrogen-bond donors (Lipinski definition) is 2. The Labute approximate surface area is 115 Å². The number of carbonyl (C=O) groups is 1. The van der Waals surface area contributed by atoms with E-state index < -0.39 is 5.97 Å². The summed E-state index contributed by atoms with van der Waals surface area (Å²) in [6, 6.07) is 9.43. The number of pyridine rings is 1. The summed E-state index contributed by atoms with van der Waals surface area (Å²) in [5, 5.41) is 0. The van der Waals surface area contributed by atoms with Gasteiger partial charge in [0.2, 0.25) is 0 Å². The number of rotatable bonds is 4.